The van der Waals surface area contributed by atoms with Crippen LogP contribution in [0.3, 0.4) is 0 Å². The van der Waals surface area contributed by atoms with Crippen molar-refractivity contribution in [2.45, 2.75) is 19.3 Å². The molecule has 4 aliphatic carbocycles. The molecule has 1 saturated heterocycles. The van der Waals surface area contributed by atoms with Crippen molar-refractivity contribution in [1.29, 1.82) is 0 Å². The second kappa shape index (κ2) is 4.40. The first-order valence-corrected chi connectivity index (χ1v) is 8.31. The molecule has 2 amide bonds. The monoisotopic (exact) mass is 330 g/mol. The Morgan fingerprint density at radius 2 is 1.62 bits per heavy atom. The Kier molecular flexibility index (Phi) is 2.58. The van der Waals surface area contributed by atoms with Crippen LogP contribution >= 0.6 is 0 Å². The van der Waals surface area contributed by atoms with E-state index < -0.39 is 16.4 Å². The number of nitro groups is 1. The maximum Gasteiger partial charge on any atom is 0.306 e. The third kappa shape index (κ3) is 1.59. The molecule has 7 heteroatoms. The number of rotatable bonds is 2. The zero-order chi connectivity index (χ0) is 16.7. The summed E-state index contributed by atoms with van der Waals surface area (Å²) in [5, 5.41) is 10.9. The van der Waals surface area contributed by atoms with Crippen LogP contribution in [0.2, 0.25) is 0 Å². The van der Waals surface area contributed by atoms with E-state index in [-0.39, 0.29) is 41.2 Å². The summed E-state index contributed by atoms with van der Waals surface area (Å²) in [6.45, 7) is 0. The van der Waals surface area contributed by atoms with Gasteiger partial charge in [-0.3, -0.25) is 19.7 Å². The van der Waals surface area contributed by atoms with E-state index in [9.17, 15) is 24.1 Å². The minimum Gasteiger partial charge on any atom is -0.274 e. The second-order valence-electron chi connectivity index (χ2n) is 7.42. The number of nitrogens with zero attached hydrogens (tertiary/aromatic N) is 2. The molecule has 0 spiro atoms. The Bertz CT molecular complexity index is 776. The van der Waals surface area contributed by atoms with Crippen molar-refractivity contribution >= 4 is 23.2 Å². The summed E-state index contributed by atoms with van der Waals surface area (Å²) in [6.07, 6.45) is 3.11. The molecule has 4 saturated carbocycles. The molecule has 0 N–H and O–H groups in total. The van der Waals surface area contributed by atoms with Crippen molar-refractivity contribution < 1.29 is 18.9 Å². The molecule has 2 bridgehead atoms. The van der Waals surface area contributed by atoms with Crippen LogP contribution in [-0.2, 0) is 9.59 Å². The molecule has 6 nitrogen and oxygen atoms in total. The third-order valence-corrected chi connectivity index (χ3v) is 6.53. The van der Waals surface area contributed by atoms with Gasteiger partial charge in [0.25, 0.3) is 0 Å². The van der Waals surface area contributed by atoms with Gasteiger partial charge in [-0.15, -0.1) is 0 Å². The van der Waals surface area contributed by atoms with Gasteiger partial charge < -0.3 is 0 Å². The molecule has 5 aliphatic rings. The summed E-state index contributed by atoms with van der Waals surface area (Å²) in [5.74, 6) is -0.385. The number of anilines is 1. The Morgan fingerprint density at radius 3 is 2.17 bits per heavy atom. The van der Waals surface area contributed by atoms with Crippen LogP contribution in [0.4, 0.5) is 15.8 Å². The Hall–Kier alpha value is -2.31. The minimum absolute atomic E-state index is 0.112. The highest BCUT2D eigenvalue weighted by atomic mass is 19.1. The predicted molar refractivity (Wildman–Crippen MR) is 80.3 cm³/mol. The number of nitro benzene ring substituents is 1. The van der Waals surface area contributed by atoms with E-state index >= 15 is 0 Å². The molecule has 1 aliphatic heterocycles. The van der Waals surface area contributed by atoms with Crippen molar-refractivity contribution in [3.05, 3.63) is 34.1 Å². The number of hydrogen-bond donors (Lipinski definition) is 0. The molecular formula is C17H15FN2O4. The fraction of sp³-hybridized carbons (Fsp3) is 0.529. The van der Waals surface area contributed by atoms with E-state index in [2.05, 4.69) is 0 Å². The highest BCUT2D eigenvalue weighted by Crippen LogP contribution is 2.68. The van der Waals surface area contributed by atoms with E-state index in [0.29, 0.717) is 11.8 Å². The summed E-state index contributed by atoms with van der Waals surface area (Å²) in [7, 11) is 0. The fourth-order valence-corrected chi connectivity index (χ4v) is 5.57. The fourth-order valence-electron chi connectivity index (χ4n) is 5.57. The third-order valence-electron chi connectivity index (χ3n) is 6.53. The van der Waals surface area contributed by atoms with Crippen LogP contribution in [0.1, 0.15) is 19.3 Å². The van der Waals surface area contributed by atoms with Gasteiger partial charge in [-0.05, 0) is 55.1 Å². The van der Waals surface area contributed by atoms with Gasteiger partial charge in [-0.2, -0.15) is 4.39 Å². The number of amides is 2. The largest absolute Gasteiger partial charge is 0.306 e. The van der Waals surface area contributed by atoms with Gasteiger partial charge in [-0.25, -0.2) is 4.90 Å². The standard InChI is InChI=1S/C17H15FN2O4/c18-12-4-1-7(5-13(12)20(23)24)19-16(21)14-8-2-3-9(11-6-10(8)11)15(14)17(19)22/h1,4-5,8-11,14-15H,2-3,6H2/t8-,9+,10-,11+,14-,15+. The number of hydrogen-bond acceptors (Lipinski definition) is 4. The molecule has 0 radical (unpaired) electrons. The van der Waals surface area contributed by atoms with Crippen molar-refractivity contribution in [1.82, 2.24) is 0 Å². The van der Waals surface area contributed by atoms with Gasteiger partial charge in [0, 0.05) is 6.07 Å². The number of carbonyl (C=O) groups is 2. The summed E-state index contributed by atoms with van der Waals surface area (Å²) in [5.41, 5.74) is -0.602. The molecule has 1 heterocycles. The molecule has 24 heavy (non-hydrogen) atoms. The van der Waals surface area contributed by atoms with Crippen molar-refractivity contribution in [2.75, 3.05) is 4.90 Å². The highest BCUT2D eigenvalue weighted by Gasteiger charge is 2.68. The molecule has 0 unspecified atom stereocenters. The summed E-state index contributed by atoms with van der Waals surface area (Å²) >= 11 is 0. The highest BCUT2D eigenvalue weighted by molar-refractivity contribution is 6.22. The number of halogens is 1. The number of fused-ring (bicyclic) bond motifs is 1. The normalized spacial score (nSPS) is 39.0. The van der Waals surface area contributed by atoms with E-state index in [0.717, 1.165) is 36.3 Å². The van der Waals surface area contributed by atoms with E-state index in [1.54, 1.807) is 0 Å². The second-order valence-corrected chi connectivity index (χ2v) is 7.42. The van der Waals surface area contributed by atoms with E-state index in [4.69, 9.17) is 0 Å². The average Bonchev–Trinajstić information content (AvgIpc) is 3.33. The van der Waals surface area contributed by atoms with Crippen LogP contribution in [0.5, 0.6) is 0 Å². The van der Waals surface area contributed by atoms with E-state index in [1.807, 2.05) is 0 Å². The van der Waals surface area contributed by atoms with Gasteiger partial charge in [0.15, 0.2) is 0 Å². The molecule has 6 atom stereocenters. The Morgan fingerprint density at radius 1 is 1.04 bits per heavy atom. The zero-order valence-electron chi connectivity index (χ0n) is 12.7. The van der Waals surface area contributed by atoms with Gasteiger partial charge in [0.1, 0.15) is 0 Å². The van der Waals surface area contributed by atoms with Crippen molar-refractivity contribution in [2.24, 2.45) is 35.5 Å². The molecular weight excluding hydrogens is 315 g/mol. The maximum atomic E-state index is 13.6. The lowest BCUT2D eigenvalue weighted by atomic mass is 9.59. The van der Waals surface area contributed by atoms with Crippen LogP contribution < -0.4 is 4.90 Å². The summed E-state index contributed by atoms with van der Waals surface area (Å²) < 4.78 is 13.6. The lowest BCUT2D eigenvalue weighted by Crippen LogP contribution is -2.43. The molecule has 1 aromatic carbocycles. The first kappa shape index (κ1) is 14.1. The van der Waals surface area contributed by atoms with E-state index in [1.165, 1.54) is 6.07 Å². The quantitative estimate of drug-likeness (QED) is 0.474. The van der Waals surface area contributed by atoms with Crippen LogP contribution in [0.25, 0.3) is 0 Å². The first-order chi connectivity index (χ1) is 11.5. The van der Waals surface area contributed by atoms with Crippen LogP contribution in [0, 0.1) is 51.4 Å². The molecule has 0 aromatic heterocycles. The lowest BCUT2D eigenvalue weighted by molar-refractivity contribution is -0.387. The predicted octanol–water partition coefficient (Wildman–Crippen LogP) is 2.52. The van der Waals surface area contributed by atoms with Crippen LogP contribution in [-0.4, -0.2) is 16.7 Å². The van der Waals surface area contributed by atoms with Gasteiger partial charge in [0.05, 0.1) is 22.4 Å². The van der Waals surface area contributed by atoms with Crippen molar-refractivity contribution in [3.63, 3.8) is 0 Å². The van der Waals surface area contributed by atoms with Crippen LogP contribution in [0.15, 0.2) is 18.2 Å². The smallest absolute Gasteiger partial charge is 0.274 e. The number of imide groups is 1. The molecule has 6 rings (SSSR count). The minimum atomic E-state index is -0.971. The number of carbonyl (C=O) groups excluding carboxylic acids is 2. The summed E-state index contributed by atoms with van der Waals surface area (Å²) in [4.78, 5) is 37.0. The first-order valence-electron chi connectivity index (χ1n) is 8.31. The molecule has 1 aromatic rings. The average molecular weight is 330 g/mol. The van der Waals surface area contributed by atoms with Gasteiger partial charge >= 0.3 is 5.69 Å². The van der Waals surface area contributed by atoms with Crippen molar-refractivity contribution in [3.8, 4) is 0 Å². The Balaban J connectivity index is 1.56. The number of benzene rings is 1. The molecule has 5 fully saturated rings. The molecule has 124 valence electrons. The topological polar surface area (TPSA) is 80.5 Å². The van der Waals surface area contributed by atoms with Gasteiger partial charge in [-0.1, -0.05) is 0 Å². The van der Waals surface area contributed by atoms with Gasteiger partial charge in [0.2, 0.25) is 17.6 Å². The zero-order valence-corrected chi connectivity index (χ0v) is 12.7. The summed E-state index contributed by atoms with van der Waals surface area (Å²) in [6, 6.07) is 3.21. The Labute approximate surface area is 136 Å². The lowest BCUT2D eigenvalue weighted by Gasteiger charge is -2.42. The maximum absolute atomic E-state index is 13.6. The SMILES string of the molecule is O=C1[C@@H]2[C@@H]3CC[C@@H]([C@@H]4C[C@@H]43)[C@@H]2C(=O)N1c1ccc(F)c([N+](=O)[O-])c1.